The van der Waals surface area contributed by atoms with Crippen LogP contribution in [0.5, 0.6) is 0 Å². The maximum absolute atomic E-state index is 8.75. The highest BCUT2D eigenvalue weighted by Gasteiger charge is 2.29. The summed E-state index contributed by atoms with van der Waals surface area (Å²) >= 11 is 3.90. The molecular formula is C11H18N2O2S2. The largest absolute Gasteiger partial charge is 0.396 e. The predicted octanol–water partition coefficient (Wildman–Crippen LogP) is 2.29. The minimum Gasteiger partial charge on any atom is -0.396 e. The molecule has 3 unspecified atom stereocenters. The first kappa shape index (κ1) is 13.2. The van der Waals surface area contributed by atoms with Gasteiger partial charge in [0.25, 0.3) is 0 Å². The number of nitrogens with zero attached hydrogens (tertiary/aromatic N) is 2. The average Bonchev–Trinajstić information content (AvgIpc) is 2.79. The number of aliphatic hydroxyl groups is 1. The Kier molecular flexibility index (Phi) is 4.76. The SMILES string of the molecule is CC1SCC(c2noc(CCCO)n2)SC1C. The molecule has 3 atom stereocenters. The number of rotatable bonds is 4. The van der Waals surface area contributed by atoms with Gasteiger partial charge in [0.1, 0.15) is 0 Å². The summed E-state index contributed by atoms with van der Waals surface area (Å²) < 4.78 is 5.19. The molecular weight excluding hydrogens is 256 g/mol. The van der Waals surface area contributed by atoms with Crippen molar-refractivity contribution in [2.24, 2.45) is 0 Å². The van der Waals surface area contributed by atoms with Crippen LogP contribution >= 0.6 is 23.5 Å². The fourth-order valence-corrected chi connectivity index (χ4v) is 4.48. The van der Waals surface area contributed by atoms with Crippen LogP contribution in [0.3, 0.4) is 0 Å². The van der Waals surface area contributed by atoms with E-state index in [4.69, 9.17) is 9.63 Å². The zero-order chi connectivity index (χ0) is 12.3. The van der Waals surface area contributed by atoms with Gasteiger partial charge >= 0.3 is 0 Å². The van der Waals surface area contributed by atoms with Crippen molar-refractivity contribution in [1.82, 2.24) is 10.1 Å². The fraction of sp³-hybridized carbons (Fsp3) is 0.818. The second kappa shape index (κ2) is 6.11. The van der Waals surface area contributed by atoms with E-state index in [-0.39, 0.29) is 6.61 Å². The molecule has 2 heterocycles. The summed E-state index contributed by atoms with van der Waals surface area (Å²) in [6.07, 6.45) is 1.35. The number of hydrogen-bond acceptors (Lipinski definition) is 6. The lowest BCUT2D eigenvalue weighted by Gasteiger charge is -2.29. The van der Waals surface area contributed by atoms with Gasteiger partial charge in [0.2, 0.25) is 5.89 Å². The molecule has 1 aliphatic rings. The molecule has 0 aliphatic carbocycles. The normalized spacial score (nSPS) is 29.5. The summed E-state index contributed by atoms with van der Waals surface area (Å²) in [4.78, 5) is 4.41. The van der Waals surface area contributed by atoms with Crippen LogP contribution in [0.1, 0.15) is 37.2 Å². The van der Waals surface area contributed by atoms with Crippen molar-refractivity contribution in [3.05, 3.63) is 11.7 Å². The number of hydrogen-bond donors (Lipinski definition) is 1. The maximum Gasteiger partial charge on any atom is 0.226 e. The zero-order valence-corrected chi connectivity index (χ0v) is 11.8. The molecule has 0 saturated carbocycles. The predicted molar refractivity (Wildman–Crippen MR) is 71.4 cm³/mol. The molecule has 1 aromatic heterocycles. The second-order valence-electron chi connectivity index (χ2n) is 4.24. The lowest BCUT2D eigenvalue weighted by Crippen LogP contribution is -2.22. The first-order valence-corrected chi connectivity index (χ1v) is 7.90. The first-order valence-electron chi connectivity index (χ1n) is 5.91. The second-order valence-corrected chi connectivity index (χ2v) is 7.24. The van der Waals surface area contributed by atoms with E-state index in [0.717, 1.165) is 11.6 Å². The molecule has 96 valence electrons. The van der Waals surface area contributed by atoms with Gasteiger partial charge in [-0.05, 0) is 6.42 Å². The highest BCUT2D eigenvalue weighted by Crippen LogP contribution is 2.43. The maximum atomic E-state index is 8.75. The summed E-state index contributed by atoms with van der Waals surface area (Å²) in [7, 11) is 0. The van der Waals surface area contributed by atoms with Crippen molar-refractivity contribution in [2.45, 2.75) is 42.4 Å². The van der Waals surface area contributed by atoms with E-state index in [2.05, 4.69) is 24.0 Å². The van der Waals surface area contributed by atoms with Crippen LogP contribution in [0.4, 0.5) is 0 Å². The molecule has 0 bridgehead atoms. The zero-order valence-electron chi connectivity index (χ0n) is 10.1. The van der Waals surface area contributed by atoms with Crippen molar-refractivity contribution in [1.29, 1.82) is 0 Å². The first-order chi connectivity index (χ1) is 8.20. The Morgan fingerprint density at radius 1 is 1.41 bits per heavy atom. The van der Waals surface area contributed by atoms with Gasteiger partial charge < -0.3 is 9.63 Å². The van der Waals surface area contributed by atoms with Crippen molar-refractivity contribution in [2.75, 3.05) is 12.4 Å². The van der Waals surface area contributed by atoms with Crippen molar-refractivity contribution in [3.8, 4) is 0 Å². The molecule has 0 spiro atoms. The van der Waals surface area contributed by atoms with E-state index in [1.54, 1.807) is 0 Å². The number of aromatic nitrogens is 2. The van der Waals surface area contributed by atoms with E-state index >= 15 is 0 Å². The third kappa shape index (κ3) is 3.39. The summed E-state index contributed by atoms with van der Waals surface area (Å²) in [5.41, 5.74) is 0. The van der Waals surface area contributed by atoms with Gasteiger partial charge in [0, 0.05) is 29.3 Å². The summed E-state index contributed by atoms with van der Waals surface area (Å²) in [6.45, 7) is 4.68. The van der Waals surface area contributed by atoms with Gasteiger partial charge in [-0.1, -0.05) is 19.0 Å². The van der Waals surface area contributed by atoms with Gasteiger partial charge in [0.15, 0.2) is 5.82 Å². The van der Waals surface area contributed by atoms with Gasteiger partial charge in [-0.25, -0.2) is 0 Å². The van der Waals surface area contributed by atoms with Crippen LogP contribution in [0.2, 0.25) is 0 Å². The standard InChI is InChI=1S/C11H18N2O2S2/c1-7-8(2)17-9(6-16-7)11-12-10(15-13-11)4-3-5-14/h7-9,14H,3-6H2,1-2H3. The molecule has 17 heavy (non-hydrogen) atoms. The Bertz CT molecular complexity index is 359. The van der Waals surface area contributed by atoms with Crippen LogP contribution in [-0.4, -0.2) is 38.1 Å². The molecule has 1 fully saturated rings. The number of thioether (sulfide) groups is 2. The topological polar surface area (TPSA) is 59.2 Å². The average molecular weight is 274 g/mol. The minimum absolute atomic E-state index is 0.167. The third-order valence-electron chi connectivity index (χ3n) is 2.87. The van der Waals surface area contributed by atoms with Gasteiger partial charge in [-0.15, -0.1) is 11.8 Å². The molecule has 6 heteroatoms. The smallest absolute Gasteiger partial charge is 0.226 e. The van der Waals surface area contributed by atoms with E-state index < -0.39 is 0 Å². The molecule has 4 nitrogen and oxygen atoms in total. The fourth-order valence-electron chi connectivity index (χ4n) is 1.65. The van der Waals surface area contributed by atoms with Crippen molar-refractivity contribution >= 4 is 23.5 Å². The van der Waals surface area contributed by atoms with Crippen molar-refractivity contribution in [3.63, 3.8) is 0 Å². The molecule has 0 aromatic carbocycles. The molecule has 1 aliphatic heterocycles. The minimum atomic E-state index is 0.167. The Hall–Kier alpha value is -0.200. The third-order valence-corrected chi connectivity index (χ3v) is 6.26. The van der Waals surface area contributed by atoms with E-state index in [1.165, 1.54) is 0 Å². The van der Waals surface area contributed by atoms with Gasteiger partial charge in [-0.2, -0.15) is 16.7 Å². The molecule has 0 radical (unpaired) electrons. The molecule has 2 rings (SSSR count). The molecule has 1 saturated heterocycles. The number of aryl methyl sites for hydroxylation is 1. The summed E-state index contributed by atoms with van der Waals surface area (Å²) in [5.74, 6) is 2.51. The van der Waals surface area contributed by atoms with E-state index in [0.29, 0.717) is 34.5 Å². The molecule has 1 N–H and O–H groups in total. The lowest BCUT2D eigenvalue weighted by atomic mass is 10.3. The van der Waals surface area contributed by atoms with Crippen LogP contribution in [-0.2, 0) is 6.42 Å². The summed E-state index contributed by atoms with van der Waals surface area (Å²) in [6, 6.07) is 0. The highest BCUT2D eigenvalue weighted by atomic mass is 32.2. The van der Waals surface area contributed by atoms with Crippen LogP contribution in [0.25, 0.3) is 0 Å². The Morgan fingerprint density at radius 2 is 2.24 bits per heavy atom. The summed E-state index contributed by atoms with van der Waals surface area (Å²) in [5, 5.41) is 14.5. The van der Waals surface area contributed by atoms with Gasteiger partial charge in [0.05, 0.1) is 5.25 Å². The number of aliphatic hydroxyl groups excluding tert-OH is 1. The molecule has 0 amide bonds. The Morgan fingerprint density at radius 3 is 2.94 bits per heavy atom. The van der Waals surface area contributed by atoms with Crippen LogP contribution in [0.15, 0.2) is 4.52 Å². The Balaban J connectivity index is 1.95. The quantitative estimate of drug-likeness (QED) is 0.909. The Labute approximate surface area is 110 Å². The molecule has 1 aromatic rings. The van der Waals surface area contributed by atoms with E-state index in [1.807, 2.05) is 23.5 Å². The monoisotopic (exact) mass is 274 g/mol. The van der Waals surface area contributed by atoms with Crippen LogP contribution in [0, 0.1) is 0 Å². The van der Waals surface area contributed by atoms with Gasteiger partial charge in [-0.3, -0.25) is 0 Å². The van der Waals surface area contributed by atoms with E-state index in [9.17, 15) is 0 Å². The highest BCUT2D eigenvalue weighted by molar-refractivity contribution is 8.07. The van der Waals surface area contributed by atoms with Crippen molar-refractivity contribution < 1.29 is 9.63 Å². The lowest BCUT2D eigenvalue weighted by molar-refractivity contribution is 0.278. The van der Waals surface area contributed by atoms with Crippen LogP contribution < -0.4 is 0 Å².